The van der Waals surface area contributed by atoms with Gasteiger partial charge in [0, 0.05) is 18.7 Å². The van der Waals surface area contributed by atoms with Crippen molar-refractivity contribution in [1.82, 2.24) is 10.2 Å². The number of nitrogens with two attached hydrogens (primary N) is 1. The van der Waals surface area contributed by atoms with Crippen LogP contribution in [0.1, 0.15) is 41.3 Å². The van der Waals surface area contributed by atoms with Gasteiger partial charge in [-0.2, -0.15) is 0 Å². The standard InChI is InChI=1S/C24H31N5O2/c1-16(25)29-9-6-17(7-10-29)15-28-8-5-18-11-21(14-22(12-18)24(30)31)19-3-2-4-20(13-19)23(26)27/h2-4,11-14,17,25,28H,5-10,15H2,1H3,(H3,26,27)(H,30,31). The smallest absolute Gasteiger partial charge is 0.335 e. The molecular weight excluding hydrogens is 390 g/mol. The van der Waals surface area contributed by atoms with E-state index in [0.29, 0.717) is 17.3 Å². The number of carboxylic acids is 1. The molecule has 0 spiro atoms. The molecule has 1 fully saturated rings. The van der Waals surface area contributed by atoms with Gasteiger partial charge in [-0.15, -0.1) is 0 Å². The first kappa shape index (κ1) is 22.5. The summed E-state index contributed by atoms with van der Waals surface area (Å²) in [5, 5.41) is 28.4. The summed E-state index contributed by atoms with van der Waals surface area (Å²) in [5.74, 6) is 0.300. The first-order valence-corrected chi connectivity index (χ1v) is 10.7. The van der Waals surface area contributed by atoms with Gasteiger partial charge in [-0.1, -0.05) is 24.3 Å². The van der Waals surface area contributed by atoms with E-state index in [1.807, 2.05) is 31.2 Å². The molecule has 0 saturated carbocycles. The molecule has 1 saturated heterocycles. The van der Waals surface area contributed by atoms with Crippen molar-refractivity contribution in [2.75, 3.05) is 26.2 Å². The van der Waals surface area contributed by atoms with E-state index in [1.165, 1.54) is 0 Å². The van der Waals surface area contributed by atoms with Gasteiger partial charge in [-0.05, 0) is 80.1 Å². The van der Waals surface area contributed by atoms with Crippen LogP contribution in [0.4, 0.5) is 0 Å². The van der Waals surface area contributed by atoms with E-state index in [0.717, 1.165) is 62.1 Å². The Hall–Kier alpha value is -3.19. The highest BCUT2D eigenvalue weighted by atomic mass is 16.4. The summed E-state index contributed by atoms with van der Waals surface area (Å²) in [6.07, 6.45) is 2.92. The molecule has 0 atom stereocenters. The van der Waals surface area contributed by atoms with Gasteiger partial charge in [0.15, 0.2) is 0 Å². The van der Waals surface area contributed by atoms with Gasteiger partial charge in [-0.3, -0.25) is 10.8 Å². The minimum Gasteiger partial charge on any atom is -0.478 e. The van der Waals surface area contributed by atoms with Crippen LogP contribution in [0.15, 0.2) is 42.5 Å². The van der Waals surface area contributed by atoms with Crippen molar-refractivity contribution in [2.24, 2.45) is 11.7 Å². The van der Waals surface area contributed by atoms with Gasteiger partial charge in [-0.25, -0.2) is 4.79 Å². The van der Waals surface area contributed by atoms with E-state index in [2.05, 4.69) is 10.2 Å². The molecule has 7 nitrogen and oxygen atoms in total. The largest absolute Gasteiger partial charge is 0.478 e. The zero-order valence-electron chi connectivity index (χ0n) is 17.9. The molecule has 2 aromatic carbocycles. The number of nitrogen functional groups attached to an aromatic ring is 1. The van der Waals surface area contributed by atoms with E-state index in [1.54, 1.807) is 18.2 Å². The first-order valence-electron chi connectivity index (χ1n) is 10.7. The fourth-order valence-corrected chi connectivity index (χ4v) is 4.00. The molecule has 2 aromatic rings. The molecule has 6 N–H and O–H groups in total. The molecular formula is C24H31N5O2. The SMILES string of the molecule is CC(=N)N1CCC(CNCCc2cc(C(=O)O)cc(-c3cccc(C(=N)N)c3)c2)CC1. The Kier molecular flexibility index (Phi) is 7.41. The van der Waals surface area contributed by atoms with Crippen LogP contribution >= 0.6 is 0 Å². The molecule has 31 heavy (non-hydrogen) atoms. The van der Waals surface area contributed by atoms with Crippen molar-refractivity contribution in [1.29, 1.82) is 10.8 Å². The molecule has 0 bridgehead atoms. The number of likely N-dealkylation sites (tertiary alicyclic amines) is 1. The highest BCUT2D eigenvalue weighted by Gasteiger charge is 2.19. The fraction of sp³-hybridized carbons (Fsp3) is 0.375. The summed E-state index contributed by atoms with van der Waals surface area (Å²) < 4.78 is 0. The van der Waals surface area contributed by atoms with Crippen molar-refractivity contribution >= 4 is 17.6 Å². The van der Waals surface area contributed by atoms with Crippen LogP contribution in [0.5, 0.6) is 0 Å². The van der Waals surface area contributed by atoms with Crippen molar-refractivity contribution < 1.29 is 9.90 Å². The molecule has 1 aliphatic heterocycles. The number of carboxylic acid groups (broad SMARTS) is 1. The van der Waals surface area contributed by atoms with Crippen LogP contribution in [0.25, 0.3) is 11.1 Å². The lowest BCUT2D eigenvalue weighted by atomic mass is 9.96. The summed E-state index contributed by atoms with van der Waals surface area (Å²) in [6, 6.07) is 12.7. The molecule has 0 aromatic heterocycles. The number of nitrogens with zero attached hydrogens (tertiary/aromatic N) is 1. The second kappa shape index (κ2) is 10.2. The number of hydrogen-bond acceptors (Lipinski definition) is 4. The van der Waals surface area contributed by atoms with Gasteiger partial charge in [0.1, 0.15) is 5.84 Å². The molecule has 1 aliphatic rings. The summed E-state index contributed by atoms with van der Waals surface area (Å²) in [7, 11) is 0. The minimum atomic E-state index is -0.952. The van der Waals surface area contributed by atoms with E-state index >= 15 is 0 Å². The summed E-state index contributed by atoms with van der Waals surface area (Å²) >= 11 is 0. The summed E-state index contributed by atoms with van der Waals surface area (Å²) in [6.45, 7) is 5.46. The Morgan fingerprint density at radius 3 is 2.48 bits per heavy atom. The Balaban J connectivity index is 1.62. The number of amidine groups is 2. The quantitative estimate of drug-likeness (QED) is 0.254. The first-order chi connectivity index (χ1) is 14.8. The van der Waals surface area contributed by atoms with Crippen LogP contribution in [-0.4, -0.2) is 53.8 Å². The van der Waals surface area contributed by atoms with E-state index in [4.69, 9.17) is 16.6 Å². The summed E-state index contributed by atoms with van der Waals surface area (Å²) in [4.78, 5) is 13.8. The van der Waals surface area contributed by atoms with E-state index in [9.17, 15) is 9.90 Å². The second-order valence-electron chi connectivity index (χ2n) is 8.19. The van der Waals surface area contributed by atoms with Gasteiger partial charge in [0.2, 0.25) is 0 Å². The zero-order valence-corrected chi connectivity index (χ0v) is 17.9. The van der Waals surface area contributed by atoms with Gasteiger partial charge in [0.25, 0.3) is 0 Å². The average Bonchev–Trinajstić information content (AvgIpc) is 2.77. The van der Waals surface area contributed by atoms with Crippen LogP contribution in [0.2, 0.25) is 0 Å². The highest BCUT2D eigenvalue weighted by Crippen LogP contribution is 2.24. The van der Waals surface area contributed by atoms with Gasteiger partial charge < -0.3 is 21.1 Å². The Morgan fingerprint density at radius 2 is 1.84 bits per heavy atom. The lowest BCUT2D eigenvalue weighted by molar-refractivity contribution is 0.0697. The Labute approximate surface area is 183 Å². The molecule has 7 heteroatoms. The molecule has 1 heterocycles. The topological polar surface area (TPSA) is 126 Å². The molecule has 0 amide bonds. The number of benzene rings is 2. The molecule has 3 rings (SSSR count). The third kappa shape index (κ3) is 6.15. The lowest BCUT2D eigenvalue weighted by Crippen LogP contribution is -2.39. The number of nitrogens with one attached hydrogen (secondary N) is 3. The third-order valence-corrected chi connectivity index (χ3v) is 5.86. The van der Waals surface area contributed by atoms with Gasteiger partial charge >= 0.3 is 5.97 Å². The lowest BCUT2D eigenvalue weighted by Gasteiger charge is -2.32. The van der Waals surface area contributed by atoms with E-state index in [-0.39, 0.29) is 11.4 Å². The van der Waals surface area contributed by atoms with Crippen molar-refractivity contribution in [3.8, 4) is 11.1 Å². The van der Waals surface area contributed by atoms with Crippen molar-refractivity contribution in [3.63, 3.8) is 0 Å². The zero-order chi connectivity index (χ0) is 22.4. The maximum atomic E-state index is 11.6. The Morgan fingerprint density at radius 1 is 1.13 bits per heavy atom. The number of carbonyl (C=O) groups is 1. The van der Waals surface area contributed by atoms with Crippen LogP contribution < -0.4 is 11.1 Å². The van der Waals surface area contributed by atoms with Gasteiger partial charge in [0.05, 0.1) is 11.4 Å². The number of hydrogen-bond donors (Lipinski definition) is 5. The average molecular weight is 422 g/mol. The number of rotatable bonds is 8. The summed E-state index contributed by atoms with van der Waals surface area (Å²) in [5.41, 5.74) is 9.10. The predicted molar refractivity (Wildman–Crippen MR) is 124 cm³/mol. The maximum absolute atomic E-state index is 11.6. The predicted octanol–water partition coefficient (Wildman–Crippen LogP) is 3.18. The Bertz CT molecular complexity index is 964. The van der Waals surface area contributed by atoms with Crippen LogP contribution in [0, 0.1) is 16.7 Å². The highest BCUT2D eigenvalue weighted by molar-refractivity contribution is 5.96. The number of aromatic carboxylic acids is 1. The van der Waals surface area contributed by atoms with Crippen molar-refractivity contribution in [3.05, 3.63) is 59.2 Å². The second-order valence-corrected chi connectivity index (χ2v) is 8.19. The van der Waals surface area contributed by atoms with Crippen molar-refractivity contribution in [2.45, 2.75) is 26.2 Å². The normalized spacial score (nSPS) is 14.4. The van der Waals surface area contributed by atoms with Crippen LogP contribution in [-0.2, 0) is 6.42 Å². The van der Waals surface area contributed by atoms with Crippen LogP contribution in [0.3, 0.4) is 0 Å². The van der Waals surface area contributed by atoms with E-state index < -0.39 is 5.97 Å². The molecule has 0 aliphatic carbocycles. The minimum absolute atomic E-state index is 0.0118. The fourth-order valence-electron chi connectivity index (χ4n) is 4.00. The monoisotopic (exact) mass is 421 g/mol. The molecule has 164 valence electrons. The molecule has 0 radical (unpaired) electrons. The number of piperidine rings is 1. The molecule has 0 unspecified atom stereocenters. The maximum Gasteiger partial charge on any atom is 0.335 e. The third-order valence-electron chi connectivity index (χ3n) is 5.86.